The van der Waals surface area contributed by atoms with E-state index in [1.165, 1.54) is 31.4 Å². The van der Waals surface area contributed by atoms with Crippen LogP contribution in [0.3, 0.4) is 0 Å². The van der Waals surface area contributed by atoms with Crippen LogP contribution in [-0.4, -0.2) is 30.5 Å². The highest BCUT2D eigenvalue weighted by Gasteiger charge is 2.47. The van der Waals surface area contributed by atoms with Crippen molar-refractivity contribution in [1.82, 2.24) is 15.6 Å². The van der Waals surface area contributed by atoms with E-state index in [4.69, 9.17) is 0 Å². The zero-order valence-corrected chi connectivity index (χ0v) is 16.8. The molecule has 1 saturated heterocycles. The molecule has 1 aromatic heterocycles. The predicted molar refractivity (Wildman–Crippen MR) is 112 cm³/mol. The number of aromatic nitrogens is 1. The molecule has 1 aromatic carbocycles. The number of hydrogen-bond acceptors (Lipinski definition) is 3. The van der Waals surface area contributed by atoms with E-state index >= 15 is 0 Å². The molecular weight excluding hydrogens is 365 g/mol. The summed E-state index contributed by atoms with van der Waals surface area (Å²) in [6, 6.07) is 10.5. The Hall–Kier alpha value is -2.27. The van der Waals surface area contributed by atoms with E-state index in [2.05, 4.69) is 15.6 Å². The van der Waals surface area contributed by atoms with E-state index in [1.54, 1.807) is 18.5 Å². The van der Waals surface area contributed by atoms with Gasteiger partial charge in [-0.3, -0.25) is 9.78 Å². The molecule has 1 amide bonds. The lowest BCUT2D eigenvalue weighted by Crippen LogP contribution is -2.32. The molecule has 154 valence electrons. The van der Waals surface area contributed by atoms with Gasteiger partial charge in [0, 0.05) is 18.9 Å². The van der Waals surface area contributed by atoms with Gasteiger partial charge in [-0.1, -0.05) is 12.1 Å². The Balaban J connectivity index is 1.39. The molecule has 4 rings (SSSR count). The summed E-state index contributed by atoms with van der Waals surface area (Å²) in [6.45, 7) is 2.79. The van der Waals surface area contributed by atoms with Crippen molar-refractivity contribution in [3.8, 4) is 0 Å². The average Bonchev–Trinajstić information content (AvgIpc) is 3.48. The fourth-order valence-corrected chi connectivity index (χ4v) is 4.78. The lowest BCUT2D eigenvalue weighted by Gasteiger charge is -2.23. The van der Waals surface area contributed by atoms with Crippen LogP contribution in [0, 0.1) is 23.6 Å². The van der Waals surface area contributed by atoms with Crippen LogP contribution in [0.2, 0.25) is 0 Å². The van der Waals surface area contributed by atoms with E-state index in [1.807, 2.05) is 18.2 Å². The lowest BCUT2D eigenvalue weighted by atomic mass is 9.87. The molecule has 1 saturated carbocycles. The number of pyridine rings is 1. The minimum atomic E-state index is -0.271. The summed E-state index contributed by atoms with van der Waals surface area (Å²) in [5.74, 6) is 1.17. The maximum atomic E-state index is 13.9. The van der Waals surface area contributed by atoms with Gasteiger partial charge in [0.05, 0.1) is 5.92 Å². The van der Waals surface area contributed by atoms with Crippen molar-refractivity contribution < 1.29 is 9.18 Å². The van der Waals surface area contributed by atoms with Crippen LogP contribution >= 0.6 is 0 Å². The Labute approximate surface area is 172 Å². The van der Waals surface area contributed by atoms with E-state index < -0.39 is 0 Å². The van der Waals surface area contributed by atoms with Crippen molar-refractivity contribution in [3.63, 3.8) is 0 Å². The molecular formula is C24H30FN3O. The van der Waals surface area contributed by atoms with Crippen LogP contribution in [-0.2, 0) is 11.2 Å². The number of carbonyl (C=O) groups is 1. The fraction of sp³-hybridized carbons (Fsp3) is 0.500. The third-order valence-electron chi connectivity index (χ3n) is 6.45. The number of rotatable bonds is 8. The second-order valence-corrected chi connectivity index (χ2v) is 8.52. The van der Waals surface area contributed by atoms with Gasteiger partial charge in [0.1, 0.15) is 5.82 Å². The number of nitrogens with one attached hydrogen (secondary N) is 2. The quantitative estimate of drug-likeness (QED) is 0.717. The van der Waals surface area contributed by atoms with Crippen LogP contribution in [0.4, 0.5) is 4.39 Å². The molecule has 3 unspecified atom stereocenters. The van der Waals surface area contributed by atoms with Gasteiger partial charge in [0.2, 0.25) is 5.91 Å². The Morgan fingerprint density at radius 1 is 1.21 bits per heavy atom. The zero-order valence-electron chi connectivity index (χ0n) is 16.8. The molecule has 5 heteroatoms. The van der Waals surface area contributed by atoms with Crippen molar-refractivity contribution in [1.29, 1.82) is 0 Å². The molecule has 3 atom stereocenters. The van der Waals surface area contributed by atoms with Gasteiger partial charge in [-0.25, -0.2) is 4.39 Å². The third kappa shape index (κ3) is 5.41. The highest BCUT2D eigenvalue weighted by atomic mass is 19.1. The molecule has 0 radical (unpaired) electrons. The first-order chi connectivity index (χ1) is 14.2. The monoisotopic (exact) mass is 395 g/mol. The molecule has 4 nitrogen and oxygen atoms in total. The molecule has 2 N–H and O–H groups in total. The normalized spacial score (nSPS) is 22.8. The molecule has 0 spiro atoms. The molecule has 0 bridgehead atoms. The largest absolute Gasteiger partial charge is 0.355 e. The maximum absolute atomic E-state index is 13.9. The summed E-state index contributed by atoms with van der Waals surface area (Å²) in [6.07, 6.45) is 9.03. The minimum absolute atomic E-state index is 0.0301. The molecule has 2 aliphatic rings. The molecule has 1 aliphatic heterocycles. The van der Waals surface area contributed by atoms with Crippen LogP contribution in [0.15, 0.2) is 48.8 Å². The highest BCUT2D eigenvalue weighted by Crippen LogP contribution is 2.52. The Morgan fingerprint density at radius 3 is 2.76 bits per heavy atom. The topological polar surface area (TPSA) is 54.0 Å². The number of nitrogens with zero attached hydrogens (tertiary/aromatic N) is 1. The van der Waals surface area contributed by atoms with Crippen LogP contribution < -0.4 is 10.6 Å². The predicted octanol–water partition coefficient (Wildman–Crippen LogP) is 3.69. The van der Waals surface area contributed by atoms with E-state index in [0.29, 0.717) is 18.4 Å². The van der Waals surface area contributed by atoms with Crippen LogP contribution in [0.1, 0.15) is 42.7 Å². The number of piperidine rings is 1. The van der Waals surface area contributed by atoms with Crippen LogP contribution in [0.25, 0.3) is 0 Å². The molecule has 1 aliphatic carbocycles. The summed E-state index contributed by atoms with van der Waals surface area (Å²) in [5, 5.41) is 6.52. The van der Waals surface area contributed by atoms with Gasteiger partial charge in [-0.2, -0.15) is 0 Å². The first-order valence-corrected chi connectivity index (χ1v) is 10.8. The molecule has 2 fully saturated rings. The molecule has 29 heavy (non-hydrogen) atoms. The summed E-state index contributed by atoms with van der Waals surface area (Å²) in [7, 11) is 0. The highest BCUT2D eigenvalue weighted by molar-refractivity contribution is 5.84. The van der Waals surface area contributed by atoms with Gasteiger partial charge in [-0.15, -0.1) is 0 Å². The maximum Gasteiger partial charge on any atom is 0.227 e. The molecule has 2 aromatic rings. The van der Waals surface area contributed by atoms with E-state index in [9.17, 15) is 9.18 Å². The fourth-order valence-electron chi connectivity index (χ4n) is 4.78. The summed E-state index contributed by atoms with van der Waals surface area (Å²) < 4.78 is 13.9. The van der Waals surface area contributed by atoms with Gasteiger partial charge >= 0.3 is 0 Å². The van der Waals surface area contributed by atoms with Gasteiger partial charge < -0.3 is 10.6 Å². The van der Waals surface area contributed by atoms with Crippen molar-refractivity contribution >= 4 is 5.91 Å². The number of benzene rings is 1. The number of halogens is 1. The van der Waals surface area contributed by atoms with Gasteiger partial charge in [0.25, 0.3) is 0 Å². The van der Waals surface area contributed by atoms with Crippen molar-refractivity contribution in [2.24, 2.45) is 17.8 Å². The van der Waals surface area contributed by atoms with Crippen molar-refractivity contribution in [2.45, 2.75) is 38.0 Å². The van der Waals surface area contributed by atoms with Crippen LogP contribution in [0.5, 0.6) is 0 Å². The van der Waals surface area contributed by atoms with E-state index in [0.717, 1.165) is 43.0 Å². The first kappa shape index (κ1) is 20.0. The summed E-state index contributed by atoms with van der Waals surface area (Å²) in [4.78, 5) is 17.1. The smallest absolute Gasteiger partial charge is 0.227 e. The zero-order chi connectivity index (χ0) is 20.1. The Morgan fingerprint density at radius 2 is 2.00 bits per heavy atom. The second kappa shape index (κ2) is 9.49. The second-order valence-electron chi connectivity index (χ2n) is 8.52. The SMILES string of the molecule is O=C(NCCc1ccncc1)C(c1cccc(F)c1)C1CC1CC1CCNCC1. The summed E-state index contributed by atoms with van der Waals surface area (Å²) in [5.41, 5.74) is 1.96. The Kier molecular flexibility index (Phi) is 6.55. The first-order valence-electron chi connectivity index (χ1n) is 10.8. The van der Waals surface area contributed by atoms with Gasteiger partial charge in [0.15, 0.2) is 0 Å². The van der Waals surface area contributed by atoms with Gasteiger partial charge in [-0.05, 0) is 98.3 Å². The number of amides is 1. The average molecular weight is 396 g/mol. The standard InChI is InChI=1S/C24H30FN3O/c25-21-3-1-2-19(15-21)23(22-16-20(22)14-18-6-11-27-12-7-18)24(29)28-13-8-17-4-9-26-10-5-17/h1-5,9-10,15,18,20,22-23,27H,6-8,11-14,16H2,(H,28,29). The number of carbonyl (C=O) groups excluding carboxylic acids is 1. The van der Waals surface area contributed by atoms with E-state index in [-0.39, 0.29) is 17.6 Å². The number of hydrogen-bond donors (Lipinski definition) is 2. The molecule has 2 heterocycles. The summed E-state index contributed by atoms with van der Waals surface area (Å²) >= 11 is 0. The lowest BCUT2D eigenvalue weighted by molar-refractivity contribution is -0.123. The van der Waals surface area contributed by atoms with Crippen molar-refractivity contribution in [3.05, 3.63) is 65.7 Å². The van der Waals surface area contributed by atoms with Crippen molar-refractivity contribution in [2.75, 3.05) is 19.6 Å². The Bertz CT molecular complexity index is 807. The third-order valence-corrected chi connectivity index (χ3v) is 6.45. The minimum Gasteiger partial charge on any atom is -0.355 e.